The average molecular weight is 384 g/mol. The average Bonchev–Trinajstić information content (AvgIpc) is 2.77. The number of carbonyl (C=O) groups is 1. The Morgan fingerprint density at radius 1 is 1.07 bits per heavy atom. The number of benzene rings is 2. The molecule has 0 N–H and O–H groups in total. The number of aldehydes is 1. The molecule has 0 saturated carbocycles. The Kier molecular flexibility index (Phi) is 7.59. The number of nitrogens with zero attached hydrogens (tertiary/aromatic N) is 1. The molecule has 0 bridgehead atoms. The summed E-state index contributed by atoms with van der Waals surface area (Å²) in [5, 5.41) is 2.03. The highest BCUT2D eigenvalue weighted by atomic mass is 16.1. The van der Waals surface area contributed by atoms with E-state index in [-0.39, 0.29) is 0 Å². The van der Waals surface area contributed by atoms with Gasteiger partial charge >= 0.3 is 0 Å². The lowest BCUT2D eigenvalue weighted by molar-refractivity contribution is 0.112. The highest BCUT2D eigenvalue weighted by molar-refractivity contribution is 6.00. The van der Waals surface area contributed by atoms with Gasteiger partial charge in [0.05, 0.1) is 0 Å². The number of hydrogen-bond donors (Lipinski definition) is 0. The van der Waals surface area contributed by atoms with Crippen LogP contribution in [0.2, 0.25) is 0 Å². The Labute approximate surface area is 174 Å². The SMILES string of the molecule is C#Cc1ccc2cc(CCCC(CCC)CCc3ccccn3)ccc2c1C=O. The van der Waals surface area contributed by atoms with Gasteiger partial charge in [-0.15, -0.1) is 6.42 Å². The molecule has 2 aromatic carbocycles. The van der Waals surface area contributed by atoms with Gasteiger partial charge in [0, 0.05) is 23.0 Å². The van der Waals surface area contributed by atoms with Crippen LogP contribution in [0.25, 0.3) is 10.8 Å². The third-order valence-corrected chi connectivity index (χ3v) is 5.71. The highest BCUT2D eigenvalue weighted by Gasteiger charge is 2.10. The molecule has 3 aromatic rings. The predicted octanol–water partition coefficient (Wildman–Crippen LogP) is 6.40. The number of carbonyl (C=O) groups excluding carboxylic acids is 1. The van der Waals surface area contributed by atoms with Crippen LogP contribution in [0.4, 0.5) is 0 Å². The second-order valence-electron chi connectivity index (χ2n) is 7.75. The molecule has 0 aliphatic rings. The Bertz CT molecular complexity index is 985. The van der Waals surface area contributed by atoms with Crippen LogP contribution in [-0.4, -0.2) is 11.3 Å². The van der Waals surface area contributed by atoms with E-state index in [1.165, 1.54) is 43.4 Å². The molecule has 0 amide bonds. The van der Waals surface area contributed by atoms with Crippen molar-refractivity contribution < 1.29 is 4.79 Å². The van der Waals surface area contributed by atoms with Gasteiger partial charge in [0.2, 0.25) is 0 Å². The van der Waals surface area contributed by atoms with Gasteiger partial charge in [-0.25, -0.2) is 0 Å². The van der Waals surface area contributed by atoms with E-state index in [1.807, 2.05) is 30.5 Å². The minimum atomic E-state index is 0.620. The van der Waals surface area contributed by atoms with Crippen molar-refractivity contribution in [3.8, 4) is 12.3 Å². The molecule has 3 rings (SSSR count). The van der Waals surface area contributed by atoms with Gasteiger partial charge in [-0.2, -0.15) is 0 Å². The fourth-order valence-corrected chi connectivity index (χ4v) is 4.15. The van der Waals surface area contributed by atoms with E-state index < -0.39 is 0 Å². The van der Waals surface area contributed by atoms with Crippen molar-refractivity contribution in [2.24, 2.45) is 5.92 Å². The quantitative estimate of drug-likeness (QED) is 0.299. The first kappa shape index (κ1) is 20.8. The zero-order chi connectivity index (χ0) is 20.5. The predicted molar refractivity (Wildman–Crippen MR) is 121 cm³/mol. The van der Waals surface area contributed by atoms with Crippen molar-refractivity contribution in [1.29, 1.82) is 0 Å². The first-order valence-corrected chi connectivity index (χ1v) is 10.6. The Morgan fingerprint density at radius 3 is 2.69 bits per heavy atom. The summed E-state index contributed by atoms with van der Waals surface area (Å²) in [5.41, 5.74) is 3.80. The molecule has 0 fully saturated rings. The Hall–Kier alpha value is -2.92. The zero-order valence-electron chi connectivity index (χ0n) is 17.2. The molecule has 1 atom stereocenters. The van der Waals surface area contributed by atoms with E-state index in [1.54, 1.807) is 0 Å². The van der Waals surface area contributed by atoms with Crippen LogP contribution < -0.4 is 0 Å². The van der Waals surface area contributed by atoms with Crippen LogP contribution in [0.1, 0.15) is 66.2 Å². The molecular weight excluding hydrogens is 354 g/mol. The first-order valence-electron chi connectivity index (χ1n) is 10.6. The fraction of sp³-hybridized carbons (Fsp3) is 0.333. The minimum Gasteiger partial charge on any atom is -0.298 e. The summed E-state index contributed by atoms with van der Waals surface area (Å²) in [6.45, 7) is 2.27. The Morgan fingerprint density at radius 2 is 1.97 bits per heavy atom. The van der Waals surface area contributed by atoms with Crippen LogP contribution >= 0.6 is 0 Å². The maximum Gasteiger partial charge on any atom is 0.151 e. The number of hydrogen-bond acceptors (Lipinski definition) is 2. The van der Waals surface area contributed by atoms with Gasteiger partial charge in [0.15, 0.2) is 6.29 Å². The number of fused-ring (bicyclic) bond motifs is 1. The summed E-state index contributed by atoms with van der Waals surface area (Å²) >= 11 is 0. The topological polar surface area (TPSA) is 30.0 Å². The smallest absolute Gasteiger partial charge is 0.151 e. The van der Waals surface area contributed by atoms with Gasteiger partial charge in [0.25, 0.3) is 0 Å². The molecule has 1 aromatic heterocycles. The Balaban J connectivity index is 1.60. The van der Waals surface area contributed by atoms with Crippen molar-refractivity contribution in [3.05, 3.63) is 77.1 Å². The van der Waals surface area contributed by atoms with Gasteiger partial charge < -0.3 is 0 Å². The van der Waals surface area contributed by atoms with Crippen LogP contribution in [0.15, 0.2) is 54.7 Å². The molecule has 0 aliphatic heterocycles. The van der Waals surface area contributed by atoms with Crippen molar-refractivity contribution in [2.75, 3.05) is 0 Å². The molecule has 0 spiro atoms. The molecule has 2 heteroatoms. The molecule has 1 unspecified atom stereocenters. The monoisotopic (exact) mass is 383 g/mol. The second kappa shape index (κ2) is 10.6. The largest absolute Gasteiger partial charge is 0.298 e. The number of rotatable bonds is 10. The van der Waals surface area contributed by atoms with Crippen molar-refractivity contribution in [2.45, 2.75) is 51.9 Å². The van der Waals surface area contributed by atoms with Crippen molar-refractivity contribution in [1.82, 2.24) is 4.98 Å². The molecule has 0 radical (unpaired) electrons. The zero-order valence-corrected chi connectivity index (χ0v) is 17.2. The number of terminal acetylenes is 1. The van der Waals surface area contributed by atoms with E-state index in [2.05, 4.69) is 42.1 Å². The van der Waals surface area contributed by atoms with E-state index >= 15 is 0 Å². The van der Waals surface area contributed by atoms with Crippen LogP contribution in [-0.2, 0) is 12.8 Å². The first-order chi connectivity index (χ1) is 14.2. The van der Waals surface area contributed by atoms with Gasteiger partial charge in [-0.05, 0) is 66.1 Å². The summed E-state index contributed by atoms with van der Waals surface area (Å²) < 4.78 is 0. The van der Waals surface area contributed by atoms with E-state index in [0.717, 1.165) is 35.8 Å². The van der Waals surface area contributed by atoms with Crippen LogP contribution in [0, 0.1) is 18.3 Å². The normalized spacial score (nSPS) is 11.9. The summed E-state index contributed by atoms with van der Waals surface area (Å²) in [7, 11) is 0. The maximum atomic E-state index is 11.5. The van der Waals surface area contributed by atoms with Gasteiger partial charge in [-0.1, -0.05) is 62.4 Å². The van der Waals surface area contributed by atoms with Crippen LogP contribution in [0.5, 0.6) is 0 Å². The lowest BCUT2D eigenvalue weighted by Crippen LogP contribution is -2.04. The third-order valence-electron chi connectivity index (χ3n) is 5.71. The number of pyridine rings is 1. The molecule has 1 heterocycles. The molecule has 0 saturated heterocycles. The maximum absolute atomic E-state index is 11.5. The molecule has 148 valence electrons. The van der Waals surface area contributed by atoms with Crippen molar-refractivity contribution in [3.63, 3.8) is 0 Å². The highest BCUT2D eigenvalue weighted by Crippen LogP contribution is 2.25. The van der Waals surface area contributed by atoms with Crippen molar-refractivity contribution >= 4 is 17.1 Å². The molecule has 29 heavy (non-hydrogen) atoms. The van der Waals surface area contributed by atoms with Crippen LogP contribution in [0.3, 0.4) is 0 Å². The molecular formula is C27H29NO. The van der Waals surface area contributed by atoms with Gasteiger partial charge in [0.1, 0.15) is 0 Å². The fourth-order valence-electron chi connectivity index (χ4n) is 4.15. The summed E-state index contributed by atoms with van der Waals surface area (Å²) in [6.07, 6.45) is 16.5. The van der Waals surface area contributed by atoms with E-state index in [9.17, 15) is 4.79 Å². The lowest BCUT2D eigenvalue weighted by atomic mass is 9.90. The summed E-state index contributed by atoms with van der Waals surface area (Å²) in [4.78, 5) is 15.9. The number of aromatic nitrogens is 1. The summed E-state index contributed by atoms with van der Waals surface area (Å²) in [5.74, 6) is 3.35. The third kappa shape index (κ3) is 5.55. The number of aryl methyl sites for hydroxylation is 2. The molecule has 2 nitrogen and oxygen atoms in total. The summed E-state index contributed by atoms with van der Waals surface area (Å²) in [6, 6.07) is 16.4. The minimum absolute atomic E-state index is 0.620. The van der Waals surface area contributed by atoms with E-state index in [4.69, 9.17) is 6.42 Å². The van der Waals surface area contributed by atoms with E-state index in [0.29, 0.717) is 11.1 Å². The lowest BCUT2D eigenvalue weighted by Gasteiger charge is -2.16. The van der Waals surface area contributed by atoms with Gasteiger partial charge in [-0.3, -0.25) is 9.78 Å². The second-order valence-corrected chi connectivity index (χ2v) is 7.75. The standard InChI is InChI=1S/C27H29NO/c1-3-8-21(12-16-25-11-5-6-18-28-25)9-7-10-22-13-17-26-24(19-22)15-14-23(4-2)27(26)20-29/h2,5-6,11,13-15,17-21H,3,7-10,12,16H2,1H3. The molecule has 0 aliphatic carbocycles.